The van der Waals surface area contributed by atoms with Gasteiger partial charge in [0.25, 0.3) is 11.5 Å². The van der Waals surface area contributed by atoms with E-state index in [1.807, 2.05) is 0 Å². The number of aromatic amines is 1. The minimum absolute atomic E-state index is 0.0418. The molecule has 8 nitrogen and oxygen atoms in total. The van der Waals surface area contributed by atoms with E-state index >= 15 is 0 Å². The van der Waals surface area contributed by atoms with Crippen LogP contribution in [0.5, 0.6) is 0 Å². The molecular formula is C14H23N3O5S. The van der Waals surface area contributed by atoms with Gasteiger partial charge in [0.2, 0.25) is 5.76 Å². The maximum atomic E-state index is 12.1. The van der Waals surface area contributed by atoms with Crippen molar-refractivity contribution in [3.05, 3.63) is 22.2 Å². The third kappa shape index (κ3) is 5.21. The number of H-pyrrole nitrogens is 1. The van der Waals surface area contributed by atoms with Crippen LogP contribution in [0.4, 0.5) is 0 Å². The number of rotatable bonds is 7. The Morgan fingerprint density at radius 3 is 2.78 bits per heavy atom. The summed E-state index contributed by atoms with van der Waals surface area (Å²) in [5, 5.41) is 4.98. The van der Waals surface area contributed by atoms with Gasteiger partial charge in [0.15, 0.2) is 0 Å². The molecule has 1 aromatic heterocycles. The smallest absolute Gasteiger partial charge is 0.290 e. The first-order valence-corrected chi connectivity index (χ1v) is 9.74. The highest BCUT2D eigenvalue weighted by atomic mass is 32.2. The maximum absolute atomic E-state index is 12.1. The van der Waals surface area contributed by atoms with E-state index in [1.54, 1.807) is 0 Å². The molecule has 9 heteroatoms. The molecule has 2 rings (SSSR count). The molecule has 0 radical (unpaired) electrons. The second kappa shape index (κ2) is 7.31. The summed E-state index contributed by atoms with van der Waals surface area (Å²) in [6.45, 7) is 3.89. The van der Waals surface area contributed by atoms with Crippen LogP contribution in [0.3, 0.4) is 0 Å². The molecule has 0 bridgehead atoms. The summed E-state index contributed by atoms with van der Waals surface area (Å²) in [4.78, 5) is 25.2. The Balaban J connectivity index is 1.97. The van der Waals surface area contributed by atoms with E-state index in [1.165, 1.54) is 6.26 Å². The van der Waals surface area contributed by atoms with Gasteiger partial charge < -0.3 is 9.84 Å². The molecule has 1 aliphatic rings. The number of amides is 1. The van der Waals surface area contributed by atoms with Gasteiger partial charge in [-0.15, -0.1) is 0 Å². The second-order valence-corrected chi connectivity index (χ2v) is 8.35. The van der Waals surface area contributed by atoms with Crippen molar-refractivity contribution >= 4 is 15.7 Å². The lowest BCUT2D eigenvalue weighted by molar-refractivity contribution is 0.0891. The quantitative estimate of drug-likeness (QED) is 0.710. The van der Waals surface area contributed by atoms with Crippen molar-refractivity contribution in [1.29, 1.82) is 0 Å². The van der Waals surface area contributed by atoms with Gasteiger partial charge in [-0.25, -0.2) is 8.42 Å². The Bertz CT molecular complexity index is 693. The molecule has 0 spiro atoms. The van der Waals surface area contributed by atoms with E-state index in [4.69, 9.17) is 4.52 Å². The third-order valence-electron chi connectivity index (χ3n) is 4.02. The highest BCUT2D eigenvalue weighted by Gasteiger charge is 2.33. The monoisotopic (exact) mass is 345 g/mol. The fourth-order valence-corrected chi connectivity index (χ4v) is 3.49. The SMILES string of the molecule is CCC[C@@H]1CN(CCS(C)(=O)=O)C[C@H]1NC(=O)c1cc(=O)[nH]o1. The zero-order valence-electron chi connectivity index (χ0n) is 13.4. The topological polar surface area (TPSA) is 112 Å². The molecule has 1 amide bonds. The van der Waals surface area contributed by atoms with Gasteiger partial charge in [-0.1, -0.05) is 13.3 Å². The summed E-state index contributed by atoms with van der Waals surface area (Å²) in [5.74, 6) is -0.104. The fourth-order valence-electron chi connectivity index (χ4n) is 2.90. The van der Waals surface area contributed by atoms with Crippen LogP contribution in [-0.4, -0.2) is 62.1 Å². The Labute approximate surface area is 135 Å². The van der Waals surface area contributed by atoms with Crippen LogP contribution in [0.15, 0.2) is 15.4 Å². The molecule has 1 aliphatic heterocycles. The zero-order chi connectivity index (χ0) is 17.0. The predicted molar refractivity (Wildman–Crippen MR) is 85.1 cm³/mol. The molecule has 1 aromatic rings. The number of nitrogens with zero attached hydrogens (tertiary/aromatic N) is 1. The molecule has 1 fully saturated rings. The van der Waals surface area contributed by atoms with Crippen molar-refractivity contribution in [2.75, 3.05) is 31.6 Å². The van der Waals surface area contributed by atoms with Gasteiger partial charge in [-0.2, -0.15) is 5.16 Å². The number of carbonyl (C=O) groups is 1. The van der Waals surface area contributed by atoms with Crippen molar-refractivity contribution in [1.82, 2.24) is 15.4 Å². The van der Waals surface area contributed by atoms with Crippen LogP contribution in [-0.2, 0) is 9.84 Å². The maximum Gasteiger partial charge on any atom is 0.290 e. The van der Waals surface area contributed by atoms with Gasteiger partial charge in [-0.3, -0.25) is 14.5 Å². The summed E-state index contributed by atoms with van der Waals surface area (Å²) in [7, 11) is -3.00. The van der Waals surface area contributed by atoms with Crippen LogP contribution in [0.2, 0.25) is 0 Å². The van der Waals surface area contributed by atoms with Gasteiger partial charge in [0.05, 0.1) is 11.8 Å². The Morgan fingerprint density at radius 2 is 2.22 bits per heavy atom. The highest BCUT2D eigenvalue weighted by Crippen LogP contribution is 2.22. The van der Waals surface area contributed by atoms with E-state index in [0.717, 1.165) is 25.5 Å². The van der Waals surface area contributed by atoms with Crippen molar-refractivity contribution in [3.8, 4) is 0 Å². The number of hydrogen-bond donors (Lipinski definition) is 2. The molecule has 130 valence electrons. The Morgan fingerprint density at radius 1 is 1.48 bits per heavy atom. The highest BCUT2D eigenvalue weighted by molar-refractivity contribution is 7.90. The minimum atomic E-state index is -3.00. The number of likely N-dealkylation sites (tertiary alicyclic amines) is 1. The minimum Gasteiger partial charge on any atom is -0.373 e. The molecular weight excluding hydrogens is 322 g/mol. The standard InChI is InChI=1S/C14H23N3O5S/c1-3-4-10-8-17(5-6-23(2,20)21)9-11(10)15-14(19)12-7-13(18)16-22-12/h7,10-11H,3-6,8-9H2,1-2H3,(H,15,19)(H,16,18)/t10-,11-/m1/s1. The molecule has 0 aromatic carbocycles. The largest absolute Gasteiger partial charge is 0.373 e. The summed E-state index contributed by atoms with van der Waals surface area (Å²) >= 11 is 0. The second-order valence-electron chi connectivity index (χ2n) is 6.10. The molecule has 0 unspecified atom stereocenters. The fraction of sp³-hybridized carbons (Fsp3) is 0.714. The number of aromatic nitrogens is 1. The summed E-state index contributed by atoms with van der Waals surface area (Å²) in [6.07, 6.45) is 3.15. The lowest BCUT2D eigenvalue weighted by Crippen LogP contribution is -2.40. The van der Waals surface area contributed by atoms with Crippen molar-refractivity contribution in [2.45, 2.75) is 25.8 Å². The molecule has 2 atom stereocenters. The first-order valence-electron chi connectivity index (χ1n) is 7.68. The van der Waals surface area contributed by atoms with Gasteiger partial charge >= 0.3 is 0 Å². The molecule has 0 saturated carbocycles. The van der Waals surface area contributed by atoms with Gasteiger partial charge in [0, 0.05) is 31.9 Å². The van der Waals surface area contributed by atoms with Crippen LogP contribution in [0, 0.1) is 5.92 Å². The Kier molecular flexibility index (Phi) is 5.64. The van der Waals surface area contributed by atoms with Gasteiger partial charge in [-0.05, 0) is 12.3 Å². The van der Waals surface area contributed by atoms with E-state index in [0.29, 0.717) is 13.1 Å². The average Bonchev–Trinajstić information content (AvgIpc) is 3.03. The average molecular weight is 345 g/mol. The van der Waals surface area contributed by atoms with Gasteiger partial charge in [0.1, 0.15) is 9.84 Å². The van der Waals surface area contributed by atoms with E-state index in [9.17, 15) is 18.0 Å². The van der Waals surface area contributed by atoms with E-state index in [2.05, 4.69) is 22.3 Å². The molecule has 0 aliphatic carbocycles. The lowest BCUT2D eigenvalue weighted by Gasteiger charge is -2.18. The number of hydrogen-bond acceptors (Lipinski definition) is 6. The van der Waals surface area contributed by atoms with Crippen LogP contribution >= 0.6 is 0 Å². The first-order chi connectivity index (χ1) is 10.8. The number of nitrogens with one attached hydrogen (secondary N) is 2. The van der Waals surface area contributed by atoms with Crippen LogP contribution in [0.1, 0.15) is 30.3 Å². The molecule has 23 heavy (non-hydrogen) atoms. The molecule has 2 heterocycles. The van der Waals surface area contributed by atoms with E-state index < -0.39 is 21.3 Å². The summed E-state index contributed by atoms with van der Waals surface area (Å²) in [6, 6.07) is 1.03. The van der Waals surface area contributed by atoms with Crippen molar-refractivity contribution < 1.29 is 17.7 Å². The summed E-state index contributed by atoms with van der Waals surface area (Å²) in [5.41, 5.74) is -0.457. The van der Waals surface area contributed by atoms with E-state index in [-0.39, 0.29) is 23.5 Å². The van der Waals surface area contributed by atoms with Crippen LogP contribution < -0.4 is 10.9 Å². The molecule has 2 N–H and O–H groups in total. The lowest BCUT2D eigenvalue weighted by atomic mass is 9.98. The third-order valence-corrected chi connectivity index (χ3v) is 4.94. The Hall–Kier alpha value is -1.61. The molecule has 1 saturated heterocycles. The van der Waals surface area contributed by atoms with Crippen LogP contribution in [0.25, 0.3) is 0 Å². The van der Waals surface area contributed by atoms with Crippen molar-refractivity contribution in [2.24, 2.45) is 5.92 Å². The first kappa shape index (κ1) is 17.7. The number of sulfone groups is 1. The van der Waals surface area contributed by atoms with Crippen molar-refractivity contribution in [3.63, 3.8) is 0 Å². The number of carbonyl (C=O) groups excluding carboxylic acids is 1. The zero-order valence-corrected chi connectivity index (χ0v) is 14.2. The summed E-state index contributed by atoms with van der Waals surface area (Å²) < 4.78 is 27.4. The predicted octanol–water partition coefficient (Wildman–Crippen LogP) is -0.157. The normalized spacial score (nSPS) is 22.3.